The fourth-order valence-corrected chi connectivity index (χ4v) is 3.72. The van der Waals surface area contributed by atoms with Crippen LogP contribution >= 0.6 is 0 Å². The number of piperidine rings is 1. The van der Waals surface area contributed by atoms with E-state index in [1.54, 1.807) is 19.4 Å². The second-order valence-corrected chi connectivity index (χ2v) is 7.21. The quantitative estimate of drug-likeness (QED) is 0.719. The molecule has 1 aliphatic heterocycles. The first-order chi connectivity index (χ1) is 13.7. The van der Waals surface area contributed by atoms with E-state index in [1.807, 2.05) is 12.1 Å². The van der Waals surface area contributed by atoms with Gasteiger partial charge in [0.2, 0.25) is 5.82 Å². The predicted molar refractivity (Wildman–Crippen MR) is 109 cm³/mol. The van der Waals surface area contributed by atoms with Gasteiger partial charge >= 0.3 is 0 Å². The SMILES string of the molecule is COCc1cc(-c2nc(-c3ccc(N)nc3)no2)ccc1N1CCCC[C@H]1C. The second kappa shape index (κ2) is 7.98. The number of benzene rings is 1. The number of ether oxygens (including phenoxy) is 1. The Morgan fingerprint density at radius 3 is 2.82 bits per heavy atom. The number of nitrogens with two attached hydrogens (primary N) is 1. The molecule has 1 atom stereocenters. The molecule has 0 radical (unpaired) electrons. The predicted octanol–water partition coefficient (Wildman–Crippen LogP) is 3.91. The molecular formula is C21H25N5O2. The molecule has 0 saturated carbocycles. The summed E-state index contributed by atoms with van der Waals surface area (Å²) < 4.78 is 11.0. The summed E-state index contributed by atoms with van der Waals surface area (Å²) in [5.41, 5.74) is 9.63. The first-order valence-corrected chi connectivity index (χ1v) is 9.60. The standard InChI is InChI=1S/C21H25N5O2/c1-14-5-3-4-10-26(14)18-8-6-15(11-17(18)13-27-2)21-24-20(25-28-21)16-7-9-19(22)23-12-16/h6-9,11-12,14H,3-5,10,13H2,1-2H3,(H2,22,23)/t14-/m1/s1. The highest BCUT2D eigenvalue weighted by Gasteiger charge is 2.22. The molecule has 146 valence electrons. The van der Waals surface area contributed by atoms with E-state index in [1.165, 1.54) is 24.9 Å². The third-order valence-corrected chi connectivity index (χ3v) is 5.21. The molecule has 2 aromatic heterocycles. The van der Waals surface area contributed by atoms with Crippen LogP contribution in [-0.4, -0.2) is 34.8 Å². The maximum atomic E-state index is 5.64. The molecule has 0 unspecified atom stereocenters. The maximum Gasteiger partial charge on any atom is 0.258 e. The highest BCUT2D eigenvalue weighted by molar-refractivity contribution is 5.66. The summed E-state index contributed by atoms with van der Waals surface area (Å²) in [5, 5.41) is 4.08. The minimum Gasteiger partial charge on any atom is -0.384 e. The van der Waals surface area contributed by atoms with Crippen molar-refractivity contribution in [2.75, 3.05) is 24.3 Å². The van der Waals surface area contributed by atoms with Crippen molar-refractivity contribution in [2.24, 2.45) is 0 Å². The molecule has 0 spiro atoms. The van der Waals surface area contributed by atoms with Gasteiger partial charge < -0.3 is 19.9 Å². The van der Waals surface area contributed by atoms with E-state index < -0.39 is 0 Å². The zero-order valence-electron chi connectivity index (χ0n) is 16.3. The molecule has 7 nitrogen and oxygen atoms in total. The van der Waals surface area contributed by atoms with Crippen molar-refractivity contribution in [3.8, 4) is 22.8 Å². The third-order valence-electron chi connectivity index (χ3n) is 5.21. The van der Waals surface area contributed by atoms with Crippen LogP contribution < -0.4 is 10.6 Å². The Morgan fingerprint density at radius 2 is 2.07 bits per heavy atom. The van der Waals surface area contributed by atoms with Gasteiger partial charge in [-0.2, -0.15) is 4.98 Å². The lowest BCUT2D eigenvalue weighted by Crippen LogP contribution is -2.38. The molecular weight excluding hydrogens is 354 g/mol. The van der Waals surface area contributed by atoms with Gasteiger partial charge in [-0.3, -0.25) is 0 Å². The second-order valence-electron chi connectivity index (χ2n) is 7.21. The van der Waals surface area contributed by atoms with Crippen LogP contribution in [0.15, 0.2) is 41.1 Å². The number of methoxy groups -OCH3 is 1. The number of pyridine rings is 1. The van der Waals surface area contributed by atoms with Crippen LogP contribution in [0.25, 0.3) is 22.8 Å². The van der Waals surface area contributed by atoms with Gasteiger partial charge in [0.1, 0.15) is 5.82 Å². The van der Waals surface area contributed by atoms with E-state index in [9.17, 15) is 0 Å². The molecule has 7 heteroatoms. The zero-order chi connectivity index (χ0) is 19.5. The number of anilines is 2. The molecule has 1 fully saturated rings. The molecule has 0 aliphatic carbocycles. The number of nitrogens with zero attached hydrogens (tertiary/aromatic N) is 4. The highest BCUT2D eigenvalue weighted by atomic mass is 16.5. The Hall–Kier alpha value is -2.93. The van der Waals surface area contributed by atoms with Gasteiger partial charge in [0.15, 0.2) is 0 Å². The first-order valence-electron chi connectivity index (χ1n) is 9.60. The van der Waals surface area contributed by atoms with Gasteiger partial charge in [0.25, 0.3) is 5.89 Å². The van der Waals surface area contributed by atoms with E-state index in [0.29, 0.717) is 30.2 Å². The van der Waals surface area contributed by atoms with Crippen LogP contribution in [0.4, 0.5) is 11.5 Å². The van der Waals surface area contributed by atoms with Crippen LogP contribution in [0.1, 0.15) is 31.7 Å². The fourth-order valence-electron chi connectivity index (χ4n) is 3.72. The summed E-state index contributed by atoms with van der Waals surface area (Å²) in [6.07, 6.45) is 5.37. The van der Waals surface area contributed by atoms with E-state index in [-0.39, 0.29) is 0 Å². The van der Waals surface area contributed by atoms with Crippen molar-refractivity contribution >= 4 is 11.5 Å². The summed E-state index contributed by atoms with van der Waals surface area (Å²) in [6, 6.07) is 10.3. The zero-order valence-corrected chi connectivity index (χ0v) is 16.3. The molecule has 1 aromatic carbocycles. The Labute approximate surface area is 164 Å². The molecule has 0 bridgehead atoms. The fraction of sp³-hybridized carbons (Fsp3) is 0.381. The lowest BCUT2D eigenvalue weighted by atomic mass is 10.00. The van der Waals surface area contributed by atoms with Crippen molar-refractivity contribution in [3.63, 3.8) is 0 Å². The normalized spacial score (nSPS) is 17.1. The minimum absolute atomic E-state index is 0.458. The third kappa shape index (κ3) is 3.71. The van der Waals surface area contributed by atoms with Crippen molar-refractivity contribution < 1.29 is 9.26 Å². The number of nitrogen functional groups attached to an aromatic ring is 1. The van der Waals surface area contributed by atoms with E-state index in [0.717, 1.165) is 23.2 Å². The Morgan fingerprint density at radius 1 is 1.21 bits per heavy atom. The lowest BCUT2D eigenvalue weighted by Gasteiger charge is -2.36. The van der Waals surface area contributed by atoms with E-state index in [4.69, 9.17) is 15.0 Å². The molecule has 28 heavy (non-hydrogen) atoms. The highest BCUT2D eigenvalue weighted by Crippen LogP contribution is 2.32. The van der Waals surface area contributed by atoms with Gasteiger partial charge in [-0.05, 0) is 56.5 Å². The van der Waals surface area contributed by atoms with Crippen LogP contribution in [0, 0.1) is 0 Å². The summed E-state index contributed by atoms with van der Waals surface area (Å²) in [6.45, 7) is 3.90. The van der Waals surface area contributed by atoms with Crippen molar-refractivity contribution in [3.05, 3.63) is 42.1 Å². The Kier molecular flexibility index (Phi) is 5.25. The van der Waals surface area contributed by atoms with Crippen LogP contribution in [0.2, 0.25) is 0 Å². The van der Waals surface area contributed by atoms with Crippen molar-refractivity contribution in [2.45, 2.75) is 38.8 Å². The van der Waals surface area contributed by atoms with Crippen LogP contribution in [0.5, 0.6) is 0 Å². The van der Waals surface area contributed by atoms with Crippen LogP contribution in [-0.2, 0) is 11.3 Å². The average molecular weight is 379 g/mol. The smallest absolute Gasteiger partial charge is 0.258 e. The van der Waals surface area contributed by atoms with Crippen LogP contribution in [0.3, 0.4) is 0 Å². The summed E-state index contributed by atoms with van der Waals surface area (Å²) in [4.78, 5) is 11.1. The van der Waals surface area contributed by atoms with Crippen molar-refractivity contribution in [1.29, 1.82) is 0 Å². The van der Waals surface area contributed by atoms with E-state index >= 15 is 0 Å². The minimum atomic E-state index is 0.458. The summed E-state index contributed by atoms with van der Waals surface area (Å²) >= 11 is 0. The Balaban J connectivity index is 1.65. The van der Waals surface area contributed by atoms with Gasteiger partial charge in [-0.25, -0.2) is 4.98 Å². The summed E-state index contributed by atoms with van der Waals surface area (Å²) in [5.74, 6) is 1.42. The van der Waals surface area contributed by atoms with Gasteiger partial charge in [0, 0.05) is 48.3 Å². The van der Waals surface area contributed by atoms with Gasteiger partial charge in [0.05, 0.1) is 6.61 Å². The molecule has 1 saturated heterocycles. The molecule has 0 amide bonds. The monoisotopic (exact) mass is 379 g/mol. The number of rotatable bonds is 5. The number of hydrogen-bond acceptors (Lipinski definition) is 7. The van der Waals surface area contributed by atoms with Gasteiger partial charge in [-0.1, -0.05) is 5.16 Å². The van der Waals surface area contributed by atoms with Gasteiger partial charge in [-0.15, -0.1) is 0 Å². The Bertz CT molecular complexity index is 938. The summed E-state index contributed by atoms with van der Waals surface area (Å²) in [7, 11) is 1.72. The lowest BCUT2D eigenvalue weighted by molar-refractivity contribution is 0.185. The topological polar surface area (TPSA) is 90.3 Å². The molecule has 1 aliphatic rings. The molecule has 2 N–H and O–H groups in total. The number of aromatic nitrogens is 3. The van der Waals surface area contributed by atoms with Crippen molar-refractivity contribution in [1.82, 2.24) is 15.1 Å². The average Bonchev–Trinajstić information content (AvgIpc) is 3.20. The largest absolute Gasteiger partial charge is 0.384 e. The maximum absolute atomic E-state index is 5.64. The molecule has 3 aromatic rings. The molecule has 3 heterocycles. The molecule has 4 rings (SSSR count). The number of hydrogen-bond donors (Lipinski definition) is 1. The first kappa shape index (κ1) is 18.4. The van der Waals surface area contributed by atoms with E-state index in [2.05, 4.69) is 39.1 Å².